The van der Waals surface area contributed by atoms with Crippen molar-refractivity contribution in [2.75, 3.05) is 29.6 Å². The number of aryl methyl sites for hydroxylation is 1. The smallest absolute Gasteiger partial charge is 0.175 e. The van der Waals surface area contributed by atoms with E-state index in [-0.39, 0.29) is 0 Å². The zero-order valence-electron chi connectivity index (χ0n) is 17.9. The van der Waals surface area contributed by atoms with Crippen molar-refractivity contribution in [2.24, 2.45) is 7.05 Å². The quantitative estimate of drug-likeness (QED) is 0.499. The minimum atomic E-state index is -3.22. The molecule has 1 N–H and O–H groups in total. The Labute approximate surface area is 186 Å². The fraction of sp³-hybridized carbons (Fsp3) is 0.261. The topological polar surface area (TPSA) is 93.0 Å². The van der Waals surface area contributed by atoms with Crippen LogP contribution in [0.2, 0.25) is 0 Å². The molecule has 1 aliphatic heterocycles. The van der Waals surface area contributed by atoms with Gasteiger partial charge in [-0.05, 0) is 48.4 Å². The van der Waals surface area contributed by atoms with Gasteiger partial charge in [0.25, 0.3) is 0 Å². The number of hydrogen-bond acceptors (Lipinski definition) is 7. The van der Waals surface area contributed by atoms with E-state index in [0.29, 0.717) is 16.6 Å². The predicted molar refractivity (Wildman–Crippen MR) is 125 cm³/mol. The molecular weight excluding hydrogens is 424 g/mol. The Morgan fingerprint density at radius 1 is 1.09 bits per heavy atom. The minimum Gasteiger partial charge on any atom is -0.355 e. The van der Waals surface area contributed by atoms with Crippen molar-refractivity contribution < 1.29 is 8.42 Å². The lowest BCUT2D eigenvalue weighted by Gasteiger charge is -2.19. The number of fused-ring (bicyclic) bond motifs is 1. The van der Waals surface area contributed by atoms with Gasteiger partial charge in [0.05, 0.1) is 11.1 Å². The van der Waals surface area contributed by atoms with Crippen LogP contribution < -0.4 is 10.2 Å². The molecular formula is C23H24N6O2S. The summed E-state index contributed by atoms with van der Waals surface area (Å²) in [6.45, 7) is 1.83. The number of benzene rings is 1. The molecule has 4 aromatic rings. The van der Waals surface area contributed by atoms with Crippen molar-refractivity contribution in [3.05, 3.63) is 66.7 Å². The first kappa shape index (κ1) is 20.4. The van der Waals surface area contributed by atoms with Gasteiger partial charge < -0.3 is 10.2 Å². The maximum atomic E-state index is 11.7. The van der Waals surface area contributed by atoms with Gasteiger partial charge in [-0.2, -0.15) is 5.10 Å². The Morgan fingerprint density at radius 2 is 1.91 bits per heavy atom. The standard InChI is InChI=1S/C23H24N6O2S/c1-28-14-18(13-26-28)17-8-10-29(15-17)23-21-11-22(25-12-16(21)7-9-24-23)27-19-3-5-20(6-4-19)32(2,30)31/h3-7,9,11-14,17H,8,10,15H2,1-2H3,(H,25,27). The zero-order valence-corrected chi connectivity index (χ0v) is 18.7. The highest BCUT2D eigenvalue weighted by Gasteiger charge is 2.26. The van der Waals surface area contributed by atoms with Crippen LogP contribution in [-0.4, -0.2) is 47.5 Å². The summed E-state index contributed by atoms with van der Waals surface area (Å²) >= 11 is 0. The monoisotopic (exact) mass is 448 g/mol. The van der Waals surface area contributed by atoms with Crippen LogP contribution >= 0.6 is 0 Å². The van der Waals surface area contributed by atoms with Crippen LogP contribution in [0.5, 0.6) is 0 Å². The zero-order chi connectivity index (χ0) is 22.3. The number of pyridine rings is 2. The second kappa shape index (κ2) is 7.90. The van der Waals surface area contributed by atoms with Crippen LogP contribution in [-0.2, 0) is 16.9 Å². The summed E-state index contributed by atoms with van der Waals surface area (Å²) in [7, 11) is -1.28. The summed E-state index contributed by atoms with van der Waals surface area (Å²) < 4.78 is 25.2. The summed E-state index contributed by atoms with van der Waals surface area (Å²) in [6.07, 6.45) is 9.96. The molecule has 0 saturated carbocycles. The van der Waals surface area contributed by atoms with Crippen molar-refractivity contribution in [1.82, 2.24) is 19.7 Å². The first-order chi connectivity index (χ1) is 15.4. The van der Waals surface area contributed by atoms with E-state index >= 15 is 0 Å². The molecule has 0 radical (unpaired) electrons. The lowest BCUT2D eigenvalue weighted by atomic mass is 10.0. The Balaban J connectivity index is 1.41. The summed E-state index contributed by atoms with van der Waals surface area (Å²) in [5.41, 5.74) is 2.03. The Bertz CT molecular complexity index is 1380. The molecule has 9 heteroatoms. The Hall–Kier alpha value is -3.46. The average molecular weight is 449 g/mol. The van der Waals surface area contributed by atoms with Crippen LogP contribution in [0.25, 0.3) is 10.8 Å². The largest absolute Gasteiger partial charge is 0.355 e. The number of hydrogen-bond donors (Lipinski definition) is 1. The molecule has 0 bridgehead atoms. The molecule has 1 aromatic carbocycles. The first-order valence-corrected chi connectivity index (χ1v) is 12.3. The second-order valence-electron chi connectivity index (χ2n) is 8.23. The molecule has 32 heavy (non-hydrogen) atoms. The highest BCUT2D eigenvalue weighted by Crippen LogP contribution is 2.34. The molecule has 5 rings (SSSR count). The lowest BCUT2D eigenvalue weighted by molar-refractivity contribution is 0.602. The van der Waals surface area contributed by atoms with Crippen molar-refractivity contribution in [1.29, 1.82) is 0 Å². The van der Waals surface area contributed by atoms with E-state index in [1.807, 2.05) is 42.5 Å². The number of aromatic nitrogens is 4. The number of anilines is 3. The van der Waals surface area contributed by atoms with E-state index < -0.39 is 9.84 Å². The van der Waals surface area contributed by atoms with E-state index in [4.69, 9.17) is 4.98 Å². The Morgan fingerprint density at radius 3 is 2.62 bits per heavy atom. The van der Waals surface area contributed by atoms with Gasteiger partial charge in [-0.3, -0.25) is 4.68 Å². The SMILES string of the molecule is Cn1cc(C2CCN(c3nccc4cnc(Nc5ccc(S(C)(=O)=O)cc5)cc34)C2)cn1. The molecule has 1 atom stereocenters. The van der Waals surface area contributed by atoms with Gasteiger partial charge in [0.1, 0.15) is 11.6 Å². The fourth-order valence-electron chi connectivity index (χ4n) is 4.18. The maximum Gasteiger partial charge on any atom is 0.175 e. The van der Waals surface area contributed by atoms with Gasteiger partial charge in [-0.25, -0.2) is 18.4 Å². The maximum absolute atomic E-state index is 11.7. The molecule has 1 fully saturated rings. The van der Waals surface area contributed by atoms with E-state index in [1.165, 1.54) is 11.8 Å². The molecule has 3 aromatic heterocycles. The summed E-state index contributed by atoms with van der Waals surface area (Å²) in [5.74, 6) is 2.07. The number of rotatable bonds is 5. The van der Waals surface area contributed by atoms with E-state index in [2.05, 4.69) is 26.5 Å². The van der Waals surface area contributed by atoms with Gasteiger partial charge in [0, 0.05) is 67.4 Å². The molecule has 4 heterocycles. The fourth-order valence-corrected chi connectivity index (χ4v) is 4.81. The van der Waals surface area contributed by atoms with Crippen LogP contribution in [0.3, 0.4) is 0 Å². The molecule has 0 aliphatic carbocycles. The second-order valence-corrected chi connectivity index (χ2v) is 10.2. The highest BCUT2D eigenvalue weighted by molar-refractivity contribution is 7.90. The molecule has 0 amide bonds. The predicted octanol–water partition coefficient (Wildman–Crippen LogP) is 3.50. The van der Waals surface area contributed by atoms with Crippen LogP contribution in [0, 0.1) is 0 Å². The number of nitrogens with zero attached hydrogens (tertiary/aromatic N) is 5. The minimum absolute atomic E-state index is 0.290. The van der Waals surface area contributed by atoms with Gasteiger partial charge in [-0.1, -0.05) is 0 Å². The van der Waals surface area contributed by atoms with E-state index in [1.54, 1.807) is 24.3 Å². The lowest BCUT2D eigenvalue weighted by Crippen LogP contribution is -2.20. The molecule has 1 aliphatic rings. The summed E-state index contributed by atoms with van der Waals surface area (Å²) in [4.78, 5) is 11.8. The van der Waals surface area contributed by atoms with Gasteiger partial charge in [-0.15, -0.1) is 0 Å². The third-order valence-corrected chi connectivity index (χ3v) is 6.99. The van der Waals surface area contributed by atoms with E-state index in [9.17, 15) is 8.42 Å². The molecule has 164 valence electrons. The normalized spacial score (nSPS) is 16.6. The highest BCUT2D eigenvalue weighted by atomic mass is 32.2. The van der Waals surface area contributed by atoms with Crippen LogP contribution in [0.4, 0.5) is 17.3 Å². The summed E-state index contributed by atoms with van der Waals surface area (Å²) in [6, 6.07) is 10.6. The van der Waals surface area contributed by atoms with Gasteiger partial charge in [0.15, 0.2) is 9.84 Å². The number of sulfone groups is 1. The molecule has 0 spiro atoms. The van der Waals surface area contributed by atoms with Crippen molar-refractivity contribution in [3.63, 3.8) is 0 Å². The number of nitrogens with one attached hydrogen (secondary N) is 1. The first-order valence-electron chi connectivity index (χ1n) is 10.4. The molecule has 8 nitrogen and oxygen atoms in total. The van der Waals surface area contributed by atoms with Crippen molar-refractivity contribution in [3.8, 4) is 0 Å². The molecule has 1 unspecified atom stereocenters. The molecule has 1 saturated heterocycles. The van der Waals surface area contributed by atoms with Crippen LogP contribution in [0.15, 0.2) is 66.1 Å². The third kappa shape index (κ3) is 4.03. The summed E-state index contributed by atoms with van der Waals surface area (Å²) in [5, 5.41) is 9.64. The van der Waals surface area contributed by atoms with Crippen molar-refractivity contribution >= 4 is 37.9 Å². The van der Waals surface area contributed by atoms with Gasteiger partial charge in [0.2, 0.25) is 0 Å². The van der Waals surface area contributed by atoms with Gasteiger partial charge >= 0.3 is 0 Å². The average Bonchev–Trinajstić information content (AvgIpc) is 3.42. The third-order valence-electron chi connectivity index (χ3n) is 5.87. The van der Waals surface area contributed by atoms with Crippen molar-refractivity contribution in [2.45, 2.75) is 17.2 Å². The Kier molecular flexibility index (Phi) is 5.05. The van der Waals surface area contributed by atoms with Crippen LogP contribution in [0.1, 0.15) is 17.9 Å². The van der Waals surface area contributed by atoms with E-state index in [0.717, 1.165) is 41.8 Å².